The Morgan fingerprint density at radius 1 is 1.38 bits per heavy atom. The molecule has 1 aromatic carbocycles. The second-order valence-corrected chi connectivity index (χ2v) is 6.10. The Hall–Kier alpha value is -2.44. The number of urea groups is 1. The zero-order chi connectivity index (χ0) is 16.9. The number of nitrogens with one attached hydrogen (secondary N) is 2. The molecule has 0 aliphatic carbocycles. The first-order chi connectivity index (χ1) is 11.7. The van der Waals surface area contributed by atoms with Crippen molar-refractivity contribution >= 4 is 11.7 Å². The highest BCUT2D eigenvalue weighted by atomic mass is 19.1. The van der Waals surface area contributed by atoms with Gasteiger partial charge in [-0.1, -0.05) is 19.1 Å². The molecule has 1 aliphatic heterocycles. The van der Waals surface area contributed by atoms with Crippen molar-refractivity contribution in [3.8, 4) is 0 Å². The van der Waals surface area contributed by atoms with Gasteiger partial charge in [0, 0.05) is 25.9 Å². The van der Waals surface area contributed by atoms with Crippen LogP contribution in [-0.4, -0.2) is 39.2 Å². The molecular formula is C17H22FN5O. The van der Waals surface area contributed by atoms with Crippen molar-refractivity contribution in [2.45, 2.75) is 32.6 Å². The third kappa shape index (κ3) is 3.90. The van der Waals surface area contributed by atoms with Gasteiger partial charge in [-0.15, -0.1) is 0 Å². The van der Waals surface area contributed by atoms with Crippen LogP contribution in [-0.2, 0) is 12.8 Å². The molecule has 1 fully saturated rings. The SMILES string of the molecule is CCc1n[nH]c(CC2CCN(C(=O)Nc3ccccc3F)CC2)n1. The third-order valence-electron chi connectivity index (χ3n) is 4.39. The maximum absolute atomic E-state index is 13.6. The summed E-state index contributed by atoms with van der Waals surface area (Å²) < 4.78 is 13.6. The first kappa shape index (κ1) is 16.4. The molecule has 0 unspecified atom stereocenters. The van der Waals surface area contributed by atoms with E-state index in [9.17, 15) is 9.18 Å². The summed E-state index contributed by atoms with van der Waals surface area (Å²) in [6.07, 6.45) is 3.50. The normalized spacial score (nSPS) is 15.5. The van der Waals surface area contributed by atoms with Gasteiger partial charge in [0.15, 0.2) is 0 Å². The highest BCUT2D eigenvalue weighted by Crippen LogP contribution is 2.21. The number of piperidine rings is 1. The molecule has 128 valence electrons. The van der Waals surface area contributed by atoms with Crippen LogP contribution in [0.1, 0.15) is 31.4 Å². The lowest BCUT2D eigenvalue weighted by molar-refractivity contribution is 0.182. The number of aryl methyl sites for hydroxylation is 1. The van der Waals surface area contributed by atoms with Crippen LogP contribution in [0.2, 0.25) is 0 Å². The molecule has 1 aliphatic rings. The lowest BCUT2D eigenvalue weighted by Gasteiger charge is -2.31. The fourth-order valence-electron chi connectivity index (χ4n) is 2.95. The second-order valence-electron chi connectivity index (χ2n) is 6.10. The Bertz CT molecular complexity index is 694. The minimum atomic E-state index is -0.419. The van der Waals surface area contributed by atoms with Gasteiger partial charge in [-0.05, 0) is 30.9 Å². The predicted octanol–water partition coefficient (Wildman–Crippen LogP) is 2.99. The molecule has 2 heterocycles. The van der Waals surface area contributed by atoms with E-state index in [1.54, 1.807) is 23.1 Å². The molecule has 24 heavy (non-hydrogen) atoms. The molecule has 0 atom stereocenters. The van der Waals surface area contributed by atoms with Gasteiger partial charge in [-0.2, -0.15) is 5.10 Å². The molecule has 1 aromatic heterocycles. The molecule has 3 rings (SSSR count). The summed E-state index contributed by atoms with van der Waals surface area (Å²) in [5.41, 5.74) is 0.221. The number of hydrogen-bond donors (Lipinski definition) is 2. The lowest BCUT2D eigenvalue weighted by atomic mass is 9.93. The van der Waals surface area contributed by atoms with Gasteiger partial charge in [0.05, 0.1) is 5.69 Å². The molecule has 2 amide bonds. The van der Waals surface area contributed by atoms with Crippen molar-refractivity contribution in [2.24, 2.45) is 5.92 Å². The van der Waals surface area contributed by atoms with E-state index in [0.717, 1.165) is 37.3 Å². The quantitative estimate of drug-likeness (QED) is 0.904. The van der Waals surface area contributed by atoms with Gasteiger partial charge in [-0.3, -0.25) is 5.10 Å². The number of carbonyl (C=O) groups excluding carboxylic acids is 1. The van der Waals surface area contributed by atoms with Crippen LogP contribution < -0.4 is 5.32 Å². The maximum atomic E-state index is 13.6. The molecule has 2 N–H and O–H groups in total. The minimum absolute atomic E-state index is 0.221. The zero-order valence-corrected chi connectivity index (χ0v) is 13.8. The average Bonchev–Trinajstić information content (AvgIpc) is 3.05. The second kappa shape index (κ2) is 7.42. The highest BCUT2D eigenvalue weighted by Gasteiger charge is 2.24. The smallest absolute Gasteiger partial charge is 0.321 e. The van der Waals surface area contributed by atoms with Crippen molar-refractivity contribution in [1.29, 1.82) is 0 Å². The fraction of sp³-hybridized carbons (Fsp3) is 0.471. The molecule has 0 radical (unpaired) electrons. The van der Waals surface area contributed by atoms with E-state index in [1.807, 2.05) is 6.92 Å². The minimum Gasteiger partial charge on any atom is -0.325 e. The monoisotopic (exact) mass is 331 g/mol. The summed E-state index contributed by atoms with van der Waals surface area (Å²) in [5.74, 6) is 1.82. The largest absolute Gasteiger partial charge is 0.325 e. The first-order valence-electron chi connectivity index (χ1n) is 8.36. The summed E-state index contributed by atoms with van der Waals surface area (Å²) in [5, 5.41) is 9.77. The van der Waals surface area contributed by atoms with Crippen molar-refractivity contribution in [1.82, 2.24) is 20.1 Å². The van der Waals surface area contributed by atoms with Gasteiger partial charge in [0.25, 0.3) is 0 Å². The van der Waals surface area contributed by atoms with E-state index in [2.05, 4.69) is 20.5 Å². The number of hydrogen-bond acceptors (Lipinski definition) is 3. The first-order valence-corrected chi connectivity index (χ1v) is 8.36. The standard InChI is InChI=1S/C17H22FN5O/c1-2-15-20-16(22-21-15)11-12-7-9-23(10-8-12)17(24)19-14-6-4-3-5-13(14)18/h3-6,12H,2,7-11H2,1H3,(H,19,24)(H,20,21,22). The van der Waals surface area contributed by atoms with Crippen molar-refractivity contribution < 1.29 is 9.18 Å². The van der Waals surface area contributed by atoms with Gasteiger partial charge in [0.2, 0.25) is 0 Å². The summed E-state index contributed by atoms with van der Waals surface area (Å²) >= 11 is 0. The van der Waals surface area contributed by atoms with Crippen molar-refractivity contribution in [2.75, 3.05) is 18.4 Å². The molecule has 2 aromatic rings. The Morgan fingerprint density at radius 2 is 2.12 bits per heavy atom. The number of rotatable bonds is 4. The van der Waals surface area contributed by atoms with Crippen molar-refractivity contribution in [3.05, 3.63) is 41.7 Å². The van der Waals surface area contributed by atoms with Gasteiger partial charge >= 0.3 is 6.03 Å². The molecule has 6 nitrogen and oxygen atoms in total. The topological polar surface area (TPSA) is 73.9 Å². The number of aromatic amines is 1. The Kier molecular flexibility index (Phi) is 5.08. The number of anilines is 1. The highest BCUT2D eigenvalue weighted by molar-refractivity contribution is 5.89. The summed E-state index contributed by atoms with van der Waals surface area (Å²) in [6.45, 7) is 3.36. The van der Waals surface area contributed by atoms with Gasteiger partial charge in [-0.25, -0.2) is 14.2 Å². The number of para-hydroxylation sites is 1. The van der Waals surface area contributed by atoms with Crippen molar-refractivity contribution in [3.63, 3.8) is 0 Å². The van der Waals surface area contributed by atoms with Crippen LogP contribution in [0.5, 0.6) is 0 Å². The van der Waals surface area contributed by atoms with Crippen LogP contribution in [0.3, 0.4) is 0 Å². The Balaban J connectivity index is 1.49. The van der Waals surface area contributed by atoms with Crippen LogP contribution in [0.25, 0.3) is 0 Å². The Labute approximate surface area is 140 Å². The molecular weight excluding hydrogens is 309 g/mol. The predicted molar refractivity (Wildman–Crippen MR) is 89.2 cm³/mol. The van der Waals surface area contributed by atoms with Crippen LogP contribution in [0, 0.1) is 11.7 Å². The van der Waals surface area contributed by atoms with E-state index in [1.165, 1.54) is 6.07 Å². The number of amides is 2. The number of halogens is 1. The van der Waals surface area contributed by atoms with E-state index in [-0.39, 0.29) is 11.7 Å². The zero-order valence-electron chi connectivity index (χ0n) is 13.8. The van der Waals surface area contributed by atoms with Crippen LogP contribution in [0.4, 0.5) is 14.9 Å². The lowest BCUT2D eigenvalue weighted by Crippen LogP contribution is -2.41. The van der Waals surface area contributed by atoms with Gasteiger partial charge < -0.3 is 10.2 Å². The fourth-order valence-corrected chi connectivity index (χ4v) is 2.95. The van der Waals surface area contributed by atoms with Crippen LogP contribution in [0.15, 0.2) is 24.3 Å². The number of H-pyrrole nitrogens is 1. The van der Waals surface area contributed by atoms with Crippen LogP contribution >= 0.6 is 0 Å². The Morgan fingerprint density at radius 3 is 2.79 bits per heavy atom. The van der Waals surface area contributed by atoms with Gasteiger partial charge in [0.1, 0.15) is 17.5 Å². The molecule has 1 saturated heterocycles. The maximum Gasteiger partial charge on any atom is 0.321 e. The van der Waals surface area contributed by atoms with E-state index < -0.39 is 5.82 Å². The molecule has 0 bridgehead atoms. The number of carbonyl (C=O) groups is 1. The summed E-state index contributed by atoms with van der Waals surface area (Å²) in [6, 6.07) is 5.96. The number of likely N-dealkylation sites (tertiary alicyclic amines) is 1. The summed E-state index contributed by atoms with van der Waals surface area (Å²) in [4.78, 5) is 18.4. The number of benzene rings is 1. The summed E-state index contributed by atoms with van der Waals surface area (Å²) in [7, 11) is 0. The average molecular weight is 331 g/mol. The molecule has 0 spiro atoms. The van der Waals surface area contributed by atoms with E-state index in [0.29, 0.717) is 19.0 Å². The number of nitrogens with zero attached hydrogens (tertiary/aromatic N) is 3. The molecule has 0 saturated carbocycles. The van der Waals surface area contributed by atoms with E-state index >= 15 is 0 Å². The third-order valence-corrected chi connectivity index (χ3v) is 4.39. The number of aromatic nitrogens is 3. The van der Waals surface area contributed by atoms with E-state index in [4.69, 9.17) is 0 Å². The molecule has 7 heteroatoms.